The SMILES string of the molecule is O=C(c1ncc(-c2ccncc2)o1)c1c(C(F)(F)F)n(Cc2ccc(Cl)cc2Cl)c2ccccc12. The van der Waals surface area contributed by atoms with Gasteiger partial charge < -0.3 is 8.98 Å². The standard InChI is InChI=1S/C25H14Cl2F3N3O2/c26-16-6-5-15(18(27)11-16)13-33-19-4-2-1-3-17(19)21(23(33)25(28,29)30)22(34)24-32-12-20(35-24)14-7-9-31-10-8-14/h1-12H,13H2. The number of hydrogen-bond acceptors (Lipinski definition) is 4. The van der Waals surface area contributed by atoms with Crippen molar-refractivity contribution in [3.63, 3.8) is 0 Å². The molecule has 0 unspecified atom stereocenters. The number of aromatic nitrogens is 3. The van der Waals surface area contributed by atoms with Crippen LogP contribution >= 0.6 is 23.2 Å². The number of pyridine rings is 1. The van der Waals surface area contributed by atoms with Crippen molar-refractivity contribution in [3.8, 4) is 11.3 Å². The van der Waals surface area contributed by atoms with E-state index >= 15 is 0 Å². The maximum Gasteiger partial charge on any atom is 0.432 e. The Morgan fingerprint density at radius 2 is 1.77 bits per heavy atom. The van der Waals surface area contributed by atoms with Gasteiger partial charge in [0.1, 0.15) is 5.69 Å². The number of para-hydroxylation sites is 1. The number of hydrogen-bond donors (Lipinski definition) is 0. The van der Waals surface area contributed by atoms with Crippen LogP contribution in [0.15, 0.2) is 77.6 Å². The molecule has 0 atom stereocenters. The normalized spacial score (nSPS) is 11.8. The zero-order valence-electron chi connectivity index (χ0n) is 17.7. The van der Waals surface area contributed by atoms with E-state index in [-0.39, 0.29) is 28.2 Å². The second kappa shape index (κ2) is 8.87. The van der Waals surface area contributed by atoms with Crippen molar-refractivity contribution in [2.75, 3.05) is 0 Å². The van der Waals surface area contributed by atoms with Crippen molar-refractivity contribution in [1.82, 2.24) is 14.5 Å². The molecule has 0 fully saturated rings. The molecule has 35 heavy (non-hydrogen) atoms. The molecular weight excluding hydrogens is 502 g/mol. The van der Waals surface area contributed by atoms with Gasteiger partial charge in [-0.25, -0.2) is 4.98 Å². The van der Waals surface area contributed by atoms with Crippen LogP contribution < -0.4 is 0 Å². The largest absolute Gasteiger partial charge is 0.433 e. The Hall–Kier alpha value is -3.62. The van der Waals surface area contributed by atoms with Crippen molar-refractivity contribution in [1.29, 1.82) is 0 Å². The molecule has 5 nitrogen and oxygen atoms in total. The van der Waals surface area contributed by atoms with Crippen molar-refractivity contribution in [3.05, 3.63) is 106 Å². The van der Waals surface area contributed by atoms with Crippen LogP contribution in [0.1, 0.15) is 27.5 Å². The number of alkyl halides is 3. The Morgan fingerprint density at radius 3 is 2.49 bits per heavy atom. The van der Waals surface area contributed by atoms with Gasteiger partial charge in [-0.15, -0.1) is 0 Å². The van der Waals surface area contributed by atoms with Gasteiger partial charge in [0, 0.05) is 45.5 Å². The van der Waals surface area contributed by atoms with Crippen LogP contribution in [0.25, 0.3) is 22.2 Å². The van der Waals surface area contributed by atoms with Crippen LogP contribution in [0.5, 0.6) is 0 Å². The third kappa shape index (κ3) is 4.31. The average molecular weight is 516 g/mol. The zero-order valence-corrected chi connectivity index (χ0v) is 19.2. The molecule has 2 aromatic carbocycles. The van der Waals surface area contributed by atoms with Crippen LogP contribution in [0.3, 0.4) is 0 Å². The number of ketones is 1. The number of carbonyl (C=O) groups is 1. The molecule has 0 bridgehead atoms. The second-order valence-corrected chi connectivity index (χ2v) is 8.50. The number of halogens is 5. The number of benzene rings is 2. The molecule has 10 heteroatoms. The first kappa shape index (κ1) is 23.1. The van der Waals surface area contributed by atoms with E-state index in [0.29, 0.717) is 16.1 Å². The lowest BCUT2D eigenvalue weighted by molar-refractivity contribution is -0.143. The Morgan fingerprint density at radius 1 is 1.03 bits per heavy atom. The molecule has 5 rings (SSSR count). The van der Waals surface area contributed by atoms with Crippen molar-refractivity contribution in [2.45, 2.75) is 12.7 Å². The van der Waals surface area contributed by atoms with E-state index in [1.807, 2.05) is 0 Å². The fourth-order valence-electron chi connectivity index (χ4n) is 3.95. The minimum Gasteiger partial charge on any atom is -0.433 e. The Bertz CT molecular complexity index is 1560. The molecule has 3 heterocycles. The molecule has 0 saturated carbocycles. The summed E-state index contributed by atoms with van der Waals surface area (Å²) in [5, 5.41) is 0.696. The molecule has 176 valence electrons. The summed E-state index contributed by atoms with van der Waals surface area (Å²) in [5.41, 5.74) is -0.436. The van der Waals surface area contributed by atoms with E-state index in [2.05, 4.69) is 9.97 Å². The average Bonchev–Trinajstić information content (AvgIpc) is 3.45. The highest BCUT2D eigenvalue weighted by atomic mass is 35.5. The first-order valence-corrected chi connectivity index (χ1v) is 11.0. The topological polar surface area (TPSA) is 60.9 Å². The van der Waals surface area contributed by atoms with E-state index in [1.54, 1.807) is 36.4 Å². The van der Waals surface area contributed by atoms with Crippen molar-refractivity contribution < 1.29 is 22.4 Å². The molecule has 3 aromatic heterocycles. The summed E-state index contributed by atoms with van der Waals surface area (Å²) in [6.07, 6.45) is -0.515. The first-order valence-electron chi connectivity index (χ1n) is 10.3. The van der Waals surface area contributed by atoms with Crippen LogP contribution in [0.2, 0.25) is 10.0 Å². The molecule has 0 radical (unpaired) electrons. The Labute approximate surface area is 206 Å². The maximum absolute atomic E-state index is 14.5. The van der Waals surface area contributed by atoms with Gasteiger partial charge in [-0.1, -0.05) is 47.5 Å². The lowest BCUT2D eigenvalue weighted by Gasteiger charge is -2.15. The fourth-order valence-corrected chi connectivity index (χ4v) is 4.42. The van der Waals surface area contributed by atoms with Crippen molar-refractivity contribution >= 4 is 39.9 Å². The Balaban J connectivity index is 1.68. The quantitative estimate of drug-likeness (QED) is 0.230. The summed E-state index contributed by atoms with van der Waals surface area (Å²) in [5.74, 6) is -1.19. The van der Waals surface area contributed by atoms with E-state index in [4.69, 9.17) is 27.6 Å². The van der Waals surface area contributed by atoms with Gasteiger partial charge in [0.25, 0.3) is 11.7 Å². The summed E-state index contributed by atoms with van der Waals surface area (Å²) in [4.78, 5) is 21.3. The highest BCUT2D eigenvalue weighted by Crippen LogP contribution is 2.40. The fraction of sp³-hybridized carbons (Fsp3) is 0.0800. The lowest BCUT2D eigenvalue weighted by Crippen LogP contribution is -2.19. The van der Waals surface area contributed by atoms with E-state index in [9.17, 15) is 18.0 Å². The lowest BCUT2D eigenvalue weighted by atomic mass is 10.1. The number of carbonyl (C=O) groups excluding carboxylic acids is 1. The smallest absolute Gasteiger partial charge is 0.432 e. The summed E-state index contributed by atoms with van der Waals surface area (Å²) >= 11 is 12.2. The molecule has 5 aromatic rings. The second-order valence-electron chi connectivity index (χ2n) is 7.66. The number of nitrogens with zero attached hydrogens (tertiary/aromatic N) is 3. The van der Waals surface area contributed by atoms with Gasteiger partial charge >= 0.3 is 6.18 Å². The minimum absolute atomic E-state index is 0.124. The monoisotopic (exact) mass is 515 g/mol. The van der Waals surface area contributed by atoms with E-state index < -0.39 is 29.1 Å². The van der Waals surface area contributed by atoms with Crippen LogP contribution in [-0.2, 0) is 12.7 Å². The van der Waals surface area contributed by atoms with Crippen molar-refractivity contribution in [2.24, 2.45) is 0 Å². The summed E-state index contributed by atoms with van der Waals surface area (Å²) < 4.78 is 50.0. The molecule has 0 N–H and O–H groups in total. The van der Waals surface area contributed by atoms with E-state index in [0.717, 1.165) is 4.57 Å². The summed E-state index contributed by atoms with van der Waals surface area (Å²) in [7, 11) is 0. The molecule has 0 aliphatic carbocycles. The third-order valence-corrected chi connectivity index (χ3v) is 6.06. The van der Waals surface area contributed by atoms with Crippen LogP contribution in [0.4, 0.5) is 13.2 Å². The van der Waals surface area contributed by atoms with Gasteiger partial charge in [-0.2, -0.15) is 13.2 Å². The van der Waals surface area contributed by atoms with Gasteiger partial charge in [-0.3, -0.25) is 9.78 Å². The minimum atomic E-state index is -4.86. The molecular formula is C25H14Cl2F3N3O2. The van der Waals surface area contributed by atoms with Gasteiger partial charge in [0.2, 0.25) is 0 Å². The van der Waals surface area contributed by atoms with Gasteiger partial charge in [-0.05, 0) is 35.9 Å². The van der Waals surface area contributed by atoms with E-state index in [1.165, 1.54) is 36.8 Å². The number of rotatable bonds is 5. The molecule has 0 aliphatic rings. The highest BCUT2D eigenvalue weighted by molar-refractivity contribution is 6.35. The summed E-state index contributed by atoms with van der Waals surface area (Å²) in [6.45, 7) is -0.230. The van der Waals surface area contributed by atoms with Gasteiger partial charge in [0.05, 0.1) is 11.8 Å². The highest BCUT2D eigenvalue weighted by Gasteiger charge is 2.42. The van der Waals surface area contributed by atoms with Crippen LogP contribution in [0, 0.1) is 0 Å². The predicted molar refractivity (Wildman–Crippen MR) is 126 cm³/mol. The predicted octanol–water partition coefficient (Wildman–Crippen LogP) is 7.30. The first-order chi connectivity index (χ1) is 16.7. The Kier molecular flexibility index (Phi) is 5.86. The van der Waals surface area contributed by atoms with Gasteiger partial charge in [0.15, 0.2) is 5.76 Å². The molecule has 0 spiro atoms. The zero-order chi connectivity index (χ0) is 24.7. The van der Waals surface area contributed by atoms with Crippen LogP contribution in [-0.4, -0.2) is 20.3 Å². The number of fused-ring (bicyclic) bond motifs is 1. The maximum atomic E-state index is 14.5. The molecule has 0 saturated heterocycles. The summed E-state index contributed by atoms with van der Waals surface area (Å²) in [6, 6.07) is 14.0. The molecule has 0 aliphatic heterocycles. The third-order valence-electron chi connectivity index (χ3n) is 5.47. The number of oxazole rings is 1. The molecule has 0 amide bonds.